The minimum absolute atomic E-state index is 0.0632. The van der Waals surface area contributed by atoms with Crippen LogP contribution in [0.5, 0.6) is 0 Å². The number of alkyl carbamates (subject to hydrolysis) is 1. The van der Waals surface area contributed by atoms with Gasteiger partial charge in [0.1, 0.15) is 6.61 Å². The van der Waals surface area contributed by atoms with Crippen molar-refractivity contribution in [2.24, 2.45) is 0 Å². The Bertz CT molecular complexity index is 754. The molecule has 118 valence electrons. The van der Waals surface area contributed by atoms with Gasteiger partial charge >= 0.3 is 12.1 Å². The van der Waals surface area contributed by atoms with E-state index >= 15 is 0 Å². The first kappa shape index (κ1) is 15.1. The van der Waals surface area contributed by atoms with Crippen LogP contribution in [0.25, 0.3) is 11.1 Å². The Morgan fingerprint density at radius 2 is 1.87 bits per heavy atom. The Hall–Kier alpha value is -2.82. The maximum absolute atomic E-state index is 11.5. The Labute approximate surface area is 133 Å². The smallest absolute Gasteiger partial charge is 0.407 e. The van der Waals surface area contributed by atoms with Crippen molar-refractivity contribution in [1.82, 2.24) is 5.32 Å². The van der Waals surface area contributed by atoms with Crippen LogP contribution in [0.4, 0.5) is 4.79 Å². The fraction of sp³-hybridized carbons (Fsp3) is 0.222. The van der Waals surface area contributed by atoms with E-state index in [-0.39, 0.29) is 19.6 Å². The molecule has 0 unspecified atom stereocenters. The molecule has 2 aromatic carbocycles. The lowest BCUT2D eigenvalue weighted by Gasteiger charge is -2.08. The van der Waals surface area contributed by atoms with Crippen LogP contribution in [0.3, 0.4) is 0 Å². The van der Waals surface area contributed by atoms with Gasteiger partial charge in [-0.1, -0.05) is 42.5 Å². The molecule has 1 aliphatic rings. The van der Waals surface area contributed by atoms with Crippen molar-refractivity contribution in [2.45, 2.75) is 19.4 Å². The number of carbonyl (C=O) groups excluding carboxylic acids is 1. The van der Waals surface area contributed by atoms with Crippen molar-refractivity contribution in [1.29, 1.82) is 0 Å². The molecular formula is C18H17NO4. The highest BCUT2D eigenvalue weighted by atomic mass is 16.5. The van der Waals surface area contributed by atoms with Crippen molar-refractivity contribution in [2.75, 3.05) is 6.54 Å². The van der Waals surface area contributed by atoms with Gasteiger partial charge < -0.3 is 15.2 Å². The number of hydrogen-bond donors (Lipinski definition) is 2. The van der Waals surface area contributed by atoms with Gasteiger partial charge in [-0.3, -0.25) is 4.79 Å². The van der Waals surface area contributed by atoms with Crippen LogP contribution in [-0.4, -0.2) is 23.7 Å². The summed E-state index contributed by atoms with van der Waals surface area (Å²) in [4.78, 5) is 21.9. The predicted molar refractivity (Wildman–Crippen MR) is 85.1 cm³/mol. The molecule has 1 aliphatic carbocycles. The maximum atomic E-state index is 11.5. The van der Waals surface area contributed by atoms with E-state index in [2.05, 4.69) is 29.6 Å². The van der Waals surface area contributed by atoms with Crippen LogP contribution in [-0.2, 0) is 22.6 Å². The van der Waals surface area contributed by atoms with E-state index < -0.39 is 12.1 Å². The van der Waals surface area contributed by atoms with Crippen molar-refractivity contribution < 1.29 is 19.4 Å². The Morgan fingerprint density at radius 3 is 2.70 bits per heavy atom. The third-order valence-electron chi connectivity index (χ3n) is 3.84. The van der Waals surface area contributed by atoms with Gasteiger partial charge in [-0.15, -0.1) is 0 Å². The van der Waals surface area contributed by atoms with Gasteiger partial charge in [0, 0.05) is 6.54 Å². The van der Waals surface area contributed by atoms with Gasteiger partial charge in [0.05, 0.1) is 6.42 Å². The number of carboxylic acid groups (broad SMARTS) is 1. The minimum atomic E-state index is -0.955. The van der Waals surface area contributed by atoms with E-state index in [1.54, 1.807) is 0 Å². The van der Waals surface area contributed by atoms with Gasteiger partial charge in [-0.2, -0.15) is 0 Å². The zero-order valence-electron chi connectivity index (χ0n) is 12.5. The van der Waals surface area contributed by atoms with E-state index in [0.717, 1.165) is 12.0 Å². The number of aliphatic carboxylic acids is 1. The molecule has 2 N–H and O–H groups in total. The molecule has 1 amide bonds. The summed E-state index contributed by atoms with van der Waals surface area (Å²) in [6.07, 6.45) is 0.172. The largest absolute Gasteiger partial charge is 0.481 e. The molecule has 3 rings (SSSR count). The number of rotatable bonds is 5. The molecule has 23 heavy (non-hydrogen) atoms. The highest BCUT2D eigenvalue weighted by Gasteiger charge is 2.17. The Balaban J connectivity index is 1.58. The van der Waals surface area contributed by atoms with Gasteiger partial charge in [0.15, 0.2) is 0 Å². The number of ether oxygens (including phenoxy) is 1. The monoisotopic (exact) mass is 311 g/mol. The summed E-state index contributed by atoms with van der Waals surface area (Å²) in [5, 5.41) is 10.9. The molecule has 0 saturated carbocycles. The highest BCUT2D eigenvalue weighted by molar-refractivity contribution is 5.77. The van der Waals surface area contributed by atoms with E-state index in [1.165, 1.54) is 22.3 Å². The predicted octanol–water partition coefficient (Wildman–Crippen LogP) is 2.96. The number of benzene rings is 2. The first-order valence-electron chi connectivity index (χ1n) is 7.46. The van der Waals surface area contributed by atoms with Crippen molar-refractivity contribution in [3.8, 4) is 11.1 Å². The molecule has 5 heteroatoms. The van der Waals surface area contributed by atoms with Gasteiger partial charge in [0.2, 0.25) is 0 Å². The highest BCUT2D eigenvalue weighted by Crippen LogP contribution is 2.36. The van der Waals surface area contributed by atoms with Crippen LogP contribution in [0.1, 0.15) is 23.1 Å². The Kier molecular flexibility index (Phi) is 4.28. The maximum Gasteiger partial charge on any atom is 0.407 e. The fourth-order valence-electron chi connectivity index (χ4n) is 2.76. The third kappa shape index (κ3) is 3.51. The van der Waals surface area contributed by atoms with Gasteiger partial charge in [-0.05, 0) is 34.2 Å². The topological polar surface area (TPSA) is 75.6 Å². The molecule has 0 aliphatic heterocycles. The molecule has 0 saturated heterocycles. The third-order valence-corrected chi connectivity index (χ3v) is 3.84. The molecule has 0 bridgehead atoms. The van der Waals surface area contributed by atoms with Gasteiger partial charge in [-0.25, -0.2) is 4.79 Å². The van der Waals surface area contributed by atoms with E-state index in [9.17, 15) is 9.59 Å². The van der Waals surface area contributed by atoms with Crippen LogP contribution >= 0.6 is 0 Å². The molecular weight excluding hydrogens is 294 g/mol. The van der Waals surface area contributed by atoms with Crippen LogP contribution in [0.15, 0.2) is 42.5 Å². The summed E-state index contributed by atoms with van der Waals surface area (Å²) in [6.45, 7) is 0.232. The number of amides is 1. The molecule has 0 fully saturated rings. The molecule has 0 radical (unpaired) electrons. The number of nitrogens with one attached hydrogen (secondary N) is 1. The summed E-state index contributed by atoms with van der Waals surface area (Å²) < 4.78 is 5.10. The van der Waals surface area contributed by atoms with E-state index in [1.807, 2.05) is 18.2 Å². The quantitative estimate of drug-likeness (QED) is 0.759. The van der Waals surface area contributed by atoms with E-state index in [0.29, 0.717) is 0 Å². The molecule has 5 nitrogen and oxygen atoms in total. The molecule has 0 atom stereocenters. The number of carbonyl (C=O) groups is 2. The molecule has 2 aromatic rings. The van der Waals surface area contributed by atoms with E-state index in [4.69, 9.17) is 9.84 Å². The van der Waals surface area contributed by atoms with Crippen molar-refractivity contribution in [3.05, 3.63) is 59.2 Å². The lowest BCUT2D eigenvalue weighted by Crippen LogP contribution is -2.26. The first-order chi connectivity index (χ1) is 11.1. The van der Waals surface area contributed by atoms with Crippen molar-refractivity contribution in [3.63, 3.8) is 0 Å². The Morgan fingerprint density at radius 1 is 1.09 bits per heavy atom. The zero-order chi connectivity index (χ0) is 16.2. The zero-order valence-corrected chi connectivity index (χ0v) is 12.5. The van der Waals surface area contributed by atoms with Crippen LogP contribution in [0, 0.1) is 0 Å². The first-order valence-corrected chi connectivity index (χ1v) is 7.46. The second kappa shape index (κ2) is 6.52. The number of fused-ring (bicyclic) bond motifs is 3. The molecule has 0 aromatic heterocycles. The van der Waals surface area contributed by atoms with Gasteiger partial charge in [0.25, 0.3) is 0 Å². The summed E-state index contributed by atoms with van der Waals surface area (Å²) in [6, 6.07) is 14.4. The summed E-state index contributed by atoms with van der Waals surface area (Å²) in [5.74, 6) is -0.955. The average Bonchev–Trinajstić information content (AvgIpc) is 2.90. The van der Waals surface area contributed by atoms with Crippen LogP contribution < -0.4 is 5.32 Å². The lowest BCUT2D eigenvalue weighted by atomic mass is 10.0. The summed E-state index contributed by atoms with van der Waals surface area (Å²) in [7, 11) is 0. The van der Waals surface area contributed by atoms with Crippen molar-refractivity contribution >= 4 is 12.1 Å². The standard InChI is InChI=1S/C18H17NO4/c20-17(21)7-8-19-18(22)23-11-12-5-6-16-14(9-12)10-13-3-1-2-4-15(13)16/h1-6,9H,7-8,10-11H2,(H,19,22)(H,20,21). The summed E-state index contributed by atoms with van der Waals surface area (Å²) in [5.41, 5.74) is 5.96. The second-order valence-corrected chi connectivity index (χ2v) is 5.47. The average molecular weight is 311 g/mol. The molecule has 0 heterocycles. The molecule has 0 spiro atoms. The lowest BCUT2D eigenvalue weighted by molar-refractivity contribution is -0.136. The number of hydrogen-bond acceptors (Lipinski definition) is 3. The normalized spacial score (nSPS) is 11.5. The minimum Gasteiger partial charge on any atom is -0.481 e. The fourth-order valence-corrected chi connectivity index (χ4v) is 2.76. The van der Waals surface area contributed by atoms with Crippen LogP contribution in [0.2, 0.25) is 0 Å². The number of carboxylic acids is 1. The SMILES string of the molecule is O=C(O)CCNC(=O)OCc1ccc2c(c1)Cc1ccccc1-2. The summed E-state index contributed by atoms with van der Waals surface area (Å²) >= 11 is 0. The second-order valence-electron chi connectivity index (χ2n) is 5.47.